The van der Waals surface area contributed by atoms with Crippen LogP contribution in [-0.4, -0.2) is 34.5 Å². The third kappa shape index (κ3) is 3.24. The predicted molar refractivity (Wildman–Crippen MR) is 130 cm³/mol. The summed E-state index contributed by atoms with van der Waals surface area (Å²) >= 11 is 1.33. The van der Waals surface area contributed by atoms with Crippen LogP contribution in [0.3, 0.4) is 0 Å². The monoisotopic (exact) mass is 484 g/mol. The standard InChI is InChI=1S/C27H20N2O5S/c1-15(30)34-18-10-8-17(9-11-18)29-26(32)21-22(27(29)33)24(25(31)20-7-4-14-35-20)28-13-12-16-5-2-3-6-19(16)23(21)28/h2-14,21-24H,1H3/t21-,22+,23?,24-/m0/s1. The molecule has 2 saturated heterocycles. The number of carbonyl (C=O) groups is 4. The molecule has 0 saturated carbocycles. The van der Waals surface area contributed by atoms with Gasteiger partial charge in [0.15, 0.2) is 5.78 Å². The molecule has 174 valence electrons. The highest BCUT2D eigenvalue weighted by molar-refractivity contribution is 7.12. The number of benzene rings is 2. The van der Waals surface area contributed by atoms with Crippen LogP contribution in [0.1, 0.15) is 33.8 Å². The van der Waals surface area contributed by atoms with E-state index in [0.29, 0.717) is 16.3 Å². The average Bonchev–Trinajstić information content (AvgIpc) is 3.56. The van der Waals surface area contributed by atoms with E-state index in [1.54, 1.807) is 30.3 Å². The summed E-state index contributed by atoms with van der Waals surface area (Å²) in [5, 5.41) is 1.83. The van der Waals surface area contributed by atoms with Gasteiger partial charge in [-0.05, 0) is 52.9 Å². The molecule has 3 aliphatic rings. The number of amides is 2. The molecule has 0 aliphatic carbocycles. The van der Waals surface area contributed by atoms with Gasteiger partial charge >= 0.3 is 5.97 Å². The van der Waals surface area contributed by atoms with Crippen molar-refractivity contribution in [3.05, 3.63) is 88.2 Å². The molecule has 4 heterocycles. The molecular weight excluding hydrogens is 464 g/mol. The number of anilines is 1. The van der Waals surface area contributed by atoms with Crippen LogP contribution >= 0.6 is 11.3 Å². The van der Waals surface area contributed by atoms with E-state index in [1.165, 1.54) is 23.2 Å². The normalized spacial score (nSPS) is 24.3. The van der Waals surface area contributed by atoms with Gasteiger partial charge in [0.05, 0.1) is 28.4 Å². The fourth-order valence-electron chi connectivity index (χ4n) is 5.51. The fraction of sp³-hybridized carbons (Fsp3) is 0.185. The topological polar surface area (TPSA) is 84.0 Å². The van der Waals surface area contributed by atoms with Gasteiger partial charge in [-0.25, -0.2) is 4.90 Å². The summed E-state index contributed by atoms with van der Waals surface area (Å²) in [6, 6.07) is 16.4. The fourth-order valence-corrected chi connectivity index (χ4v) is 6.20. The molecule has 0 bridgehead atoms. The number of fused-ring (bicyclic) bond motifs is 5. The number of ether oxygens (including phenoxy) is 1. The largest absolute Gasteiger partial charge is 0.427 e. The summed E-state index contributed by atoms with van der Waals surface area (Å²) in [5.41, 5.74) is 2.29. The Labute approximate surface area is 205 Å². The van der Waals surface area contributed by atoms with Crippen LogP contribution in [0.4, 0.5) is 5.69 Å². The summed E-state index contributed by atoms with van der Waals surface area (Å²) in [4.78, 5) is 56.2. The second kappa shape index (κ2) is 8.02. The zero-order valence-corrected chi connectivity index (χ0v) is 19.5. The Hall–Kier alpha value is -4.04. The first kappa shape index (κ1) is 21.5. The van der Waals surface area contributed by atoms with Crippen LogP contribution in [-0.2, 0) is 14.4 Å². The summed E-state index contributed by atoms with van der Waals surface area (Å²) in [6.45, 7) is 1.30. The quantitative estimate of drug-likeness (QED) is 0.240. The molecule has 2 aromatic carbocycles. The average molecular weight is 485 g/mol. The Morgan fingerprint density at radius 2 is 1.66 bits per heavy atom. The highest BCUT2D eigenvalue weighted by Crippen LogP contribution is 2.53. The van der Waals surface area contributed by atoms with E-state index in [2.05, 4.69) is 0 Å². The lowest BCUT2D eigenvalue weighted by Crippen LogP contribution is -2.44. The number of hydrogen-bond donors (Lipinski definition) is 0. The Bertz CT molecular complexity index is 1400. The van der Waals surface area contributed by atoms with Gasteiger partial charge in [-0.15, -0.1) is 11.3 Å². The van der Waals surface area contributed by atoms with E-state index < -0.39 is 35.8 Å². The second-order valence-corrected chi connectivity index (χ2v) is 9.72. The van der Waals surface area contributed by atoms with E-state index in [0.717, 1.165) is 11.1 Å². The molecule has 8 heteroatoms. The SMILES string of the molecule is CC(=O)Oc1ccc(N2C(=O)[C@@H]3[C@H](C2=O)C2c4ccccc4C=CN2[C@@H]3C(=O)c2cccs2)cc1. The summed E-state index contributed by atoms with van der Waals surface area (Å²) < 4.78 is 5.07. The van der Waals surface area contributed by atoms with Crippen molar-refractivity contribution in [2.24, 2.45) is 11.8 Å². The lowest BCUT2D eigenvalue weighted by molar-refractivity contribution is -0.132. The minimum absolute atomic E-state index is 0.158. The molecule has 0 N–H and O–H groups in total. The molecule has 6 rings (SSSR count). The number of carbonyl (C=O) groups excluding carboxylic acids is 4. The molecule has 3 aliphatic heterocycles. The summed E-state index contributed by atoms with van der Waals surface area (Å²) in [7, 11) is 0. The Morgan fingerprint density at radius 1 is 0.914 bits per heavy atom. The van der Waals surface area contributed by atoms with Crippen LogP contribution in [0, 0.1) is 11.8 Å². The Balaban J connectivity index is 1.44. The van der Waals surface area contributed by atoms with Crippen molar-refractivity contribution in [3.8, 4) is 5.75 Å². The van der Waals surface area contributed by atoms with Crippen molar-refractivity contribution in [2.75, 3.05) is 4.90 Å². The molecule has 7 nitrogen and oxygen atoms in total. The molecule has 3 aromatic rings. The minimum Gasteiger partial charge on any atom is -0.427 e. The zero-order valence-electron chi connectivity index (χ0n) is 18.7. The summed E-state index contributed by atoms with van der Waals surface area (Å²) in [5.74, 6) is -2.53. The maximum Gasteiger partial charge on any atom is 0.308 e. The predicted octanol–water partition coefficient (Wildman–Crippen LogP) is 4.07. The van der Waals surface area contributed by atoms with Gasteiger partial charge in [0, 0.05) is 13.1 Å². The van der Waals surface area contributed by atoms with Gasteiger partial charge in [-0.2, -0.15) is 0 Å². The molecule has 35 heavy (non-hydrogen) atoms. The van der Waals surface area contributed by atoms with Crippen LogP contribution in [0.25, 0.3) is 6.08 Å². The first-order chi connectivity index (χ1) is 17.0. The van der Waals surface area contributed by atoms with Gasteiger partial charge < -0.3 is 9.64 Å². The molecule has 1 unspecified atom stereocenters. The van der Waals surface area contributed by atoms with E-state index in [4.69, 9.17) is 4.74 Å². The van der Waals surface area contributed by atoms with Crippen molar-refractivity contribution in [3.63, 3.8) is 0 Å². The van der Waals surface area contributed by atoms with Gasteiger partial charge in [-0.1, -0.05) is 30.3 Å². The molecule has 4 atom stereocenters. The van der Waals surface area contributed by atoms with E-state index in [1.807, 2.05) is 52.9 Å². The molecule has 1 aromatic heterocycles. The highest BCUT2D eigenvalue weighted by Gasteiger charge is 2.64. The van der Waals surface area contributed by atoms with E-state index in [9.17, 15) is 19.2 Å². The number of esters is 1. The molecule has 2 fully saturated rings. The van der Waals surface area contributed by atoms with Gasteiger partial charge in [0.1, 0.15) is 11.8 Å². The molecule has 2 amide bonds. The summed E-state index contributed by atoms with van der Waals surface area (Å²) in [6.07, 6.45) is 3.78. The van der Waals surface area contributed by atoms with Crippen LogP contribution in [0.15, 0.2) is 72.2 Å². The number of ketones is 1. The molecular formula is C27H20N2O5S. The van der Waals surface area contributed by atoms with Gasteiger partial charge in [0.25, 0.3) is 0 Å². The lowest BCUT2D eigenvalue weighted by atomic mass is 9.84. The third-order valence-electron chi connectivity index (χ3n) is 6.85. The van der Waals surface area contributed by atoms with Gasteiger partial charge in [0.2, 0.25) is 11.8 Å². The van der Waals surface area contributed by atoms with Gasteiger partial charge in [-0.3, -0.25) is 19.2 Å². The first-order valence-electron chi connectivity index (χ1n) is 11.2. The second-order valence-electron chi connectivity index (χ2n) is 8.77. The number of hydrogen-bond acceptors (Lipinski definition) is 7. The number of nitrogens with zero attached hydrogens (tertiary/aromatic N) is 2. The number of imide groups is 1. The van der Waals surface area contributed by atoms with Crippen molar-refractivity contribution in [1.29, 1.82) is 0 Å². The van der Waals surface area contributed by atoms with Crippen LogP contribution < -0.4 is 9.64 Å². The van der Waals surface area contributed by atoms with Crippen molar-refractivity contribution in [2.45, 2.75) is 19.0 Å². The minimum atomic E-state index is -0.814. The lowest BCUT2D eigenvalue weighted by Gasteiger charge is -2.35. The number of rotatable bonds is 4. The van der Waals surface area contributed by atoms with E-state index >= 15 is 0 Å². The first-order valence-corrected chi connectivity index (χ1v) is 12.1. The smallest absolute Gasteiger partial charge is 0.308 e. The molecule has 0 spiro atoms. The highest BCUT2D eigenvalue weighted by atomic mass is 32.1. The zero-order chi connectivity index (χ0) is 24.3. The number of thiophene rings is 1. The maximum atomic E-state index is 13.8. The maximum absolute atomic E-state index is 13.8. The van der Waals surface area contributed by atoms with Crippen molar-refractivity contribution < 1.29 is 23.9 Å². The third-order valence-corrected chi connectivity index (χ3v) is 7.74. The van der Waals surface area contributed by atoms with Crippen molar-refractivity contribution >= 4 is 46.7 Å². The van der Waals surface area contributed by atoms with Crippen molar-refractivity contribution in [1.82, 2.24) is 4.90 Å². The van der Waals surface area contributed by atoms with Crippen LogP contribution in [0.5, 0.6) is 5.75 Å². The van der Waals surface area contributed by atoms with E-state index in [-0.39, 0.29) is 11.7 Å². The van der Waals surface area contributed by atoms with Crippen LogP contribution in [0.2, 0.25) is 0 Å². The number of Topliss-reactive ketones (excluding diaryl/α,β-unsaturated/α-hetero) is 1. The Kier molecular flexibility index (Phi) is 4.93. The molecule has 0 radical (unpaired) electrons. The Morgan fingerprint density at radius 3 is 2.37 bits per heavy atom.